The number of aryl methyl sites for hydroxylation is 1. The summed E-state index contributed by atoms with van der Waals surface area (Å²) in [7, 11) is 0. The normalized spacial score (nSPS) is 11.6. The average molecular weight is 407 g/mol. The van der Waals surface area contributed by atoms with Crippen LogP contribution in [-0.2, 0) is 4.79 Å². The van der Waals surface area contributed by atoms with E-state index >= 15 is 0 Å². The third kappa shape index (κ3) is 4.69. The molecule has 0 aliphatic rings. The van der Waals surface area contributed by atoms with Crippen molar-refractivity contribution in [3.63, 3.8) is 0 Å². The van der Waals surface area contributed by atoms with Gasteiger partial charge in [-0.1, -0.05) is 39.8 Å². The number of aromatic nitrogens is 2. The molecule has 1 aromatic carbocycles. The van der Waals surface area contributed by atoms with Crippen molar-refractivity contribution < 1.29 is 4.79 Å². The van der Waals surface area contributed by atoms with Crippen molar-refractivity contribution in [1.29, 1.82) is 5.26 Å². The van der Waals surface area contributed by atoms with Gasteiger partial charge in [0, 0.05) is 10.2 Å². The minimum Gasteiger partial charge on any atom is -0.349 e. The number of amides is 1. The highest BCUT2D eigenvalue weighted by atomic mass is 79.9. The standard InChI is InChI=1S/C16H15BrN4O2S/c1-9(11-3-5-12(17)6-4-11)19-14(22)8-24-15-13(7-18)10(2)20-16(23)21-15/h3-6,9H,8H2,1-2H3,(H,19,22)(H,20,21,23)/t9-/m0/s1. The first-order valence-corrected chi connectivity index (χ1v) is 8.87. The van der Waals surface area contributed by atoms with Crippen LogP contribution >= 0.6 is 27.7 Å². The largest absolute Gasteiger partial charge is 0.349 e. The number of carbonyl (C=O) groups excluding carboxylic acids is 1. The minimum atomic E-state index is -0.530. The van der Waals surface area contributed by atoms with Gasteiger partial charge in [0.2, 0.25) is 5.91 Å². The second-order valence-corrected chi connectivity index (χ2v) is 6.97. The van der Waals surface area contributed by atoms with E-state index in [-0.39, 0.29) is 28.3 Å². The van der Waals surface area contributed by atoms with Crippen LogP contribution in [0, 0.1) is 18.3 Å². The van der Waals surface area contributed by atoms with Gasteiger partial charge in [0.15, 0.2) is 0 Å². The van der Waals surface area contributed by atoms with Gasteiger partial charge in [0.25, 0.3) is 0 Å². The lowest BCUT2D eigenvalue weighted by Gasteiger charge is -2.14. The second-order valence-electron chi connectivity index (χ2n) is 5.09. The van der Waals surface area contributed by atoms with Gasteiger partial charge in [-0.25, -0.2) is 4.79 Å². The Labute approximate surface area is 151 Å². The maximum Gasteiger partial charge on any atom is 0.346 e. The van der Waals surface area contributed by atoms with E-state index in [0.717, 1.165) is 21.8 Å². The summed E-state index contributed by atoms with van der Waals surface area (Å²) in [5.74, 6) is -0.120. The van der Waals surface area contributed by atoms with Crippen molar-refractivity contribution in [2.75, 3.05) is 5.75 Å². The summed E-state index contributed by atoms with van der Waals surface area (Å²) >= 11 is 4.44. The molecule has 0 spiro atoms. The Bertz CT molecular complexity index is 843. The van der Waals surface area contributed by atoms with Gasteiger partial charge in [-0.05, 0) is 31.5 Å². The lowest BCUT2D eigenvalue weighted by atomic mass is 10.1. The molecule has 24 heavy (non-hydrogen) atoms. The Balaban J connectivity index is 2.00. The number of nitrogens with one attached hydrogen (secondary N) is 2. The Kier molecular flexibility index (Phi) is 6.17. The molecule has 0 bridgehead atoms. The van der Waals surface area contributed by atoms with Crippen LogP contribution < -0.4 is 11.0 Å². The molecule has 0 unspecified atom stereocenters. The molecule has 1 atom stereocenters. The van der Waals surface area contributed by atoms with Gasteiger partial charge >= 0.3 is 5.69 Å². The molecule has 6 nitrogen and oxygen atoms in total. The maximum atomic E-state index is 12.1. The summed E-state index contributed by atoms with van der Waals surface area (Å²) in [6, 6.07) is 9.53. The van der Waals surface area contributed by atoms with E-state index in [1.165, 1.54) is 0 Å². The van der Waals surface area contributed by atoms with Gasteiger partial charge in [-0.3, -0.25) is 4.79 Å². The minimum absolute atomic E-state index is 0.0748. The molecular weight excluding hydrogens is 392 g/mol. The monoisotopic (exact) mass is 406 g/mol. The Morgan fingerprint density at radius 1 is 1.46 bits per heavy atom. The number of aromatic amines is 1. The molecule has 0 radical (unpaired) electrons. The van der Waals surface area contributed by atoms with E-state index in [9.17, 15) is 9.59 Å². The first-order valence-electron chi connectivity index (χ1n) is 7.09. The molecule has 1 aromatic heterocycles. The second kappa shape index (κ2) is 8.13. The van der Waals surface area contributed by atoms with Crippen molar-refractivity contribution in [3.05, 3.63) is 56.0 Å². The number of H-pyrrole nitrogens is 1. The third-order valence-electron chi connectivity index (χ3n) is 3.29. The summed E-state index contributed by atoms with van der Waals surface area (Å²) < 4.78 is 0.972. The first-order chi connectivity index (χ1) is 11.4. The SMILES string of the molecule is Cc1[nH]c(=O)nc(SCC(=O)N[C@@H](C)c2ccc(Br)cc2)c1C#N. The van der Waals surface area contributed by atoms with E-state index in [1.807, 2.05) is 37.3 Å². The zero-order valence-electron chi connectivity index (χ0n) is 13.1. The number of hydrogen-bond donors (Lipinski definition) is 2. The Morgan fingerprint density at radius 2 is 2.12 bits per heavy atom. The topological polar surface area (TPSA) is 98.6 Å². The fraction of sp³-hybridized carbons (Fsp3) is 0.250. The molecule has 1 heterocycles. The molecule has 124 valence electrons. The summed E-state index contributed by atoms with van der Waals surface area (Å²) in [5, 5.41) is 12.3. The van der Waals surface area contributed by atoms with Crippen LogP contribution in [0.4, 0.5) is 0 Å². The number of rotatable bonds is 5. The number of halogens is 1. The lowest BCUT2D eigenvalue weighted by molar-refractivity contribution is -0.119. The van der Waals surface area contributed by atoms with E-state index < -0.39 is 5.69 Å². The summed E-state index contributed by atoms with van der Waals surface area (Å²) in [6.07, 6.45) is 0. The Hall–Kier alpha value is -2.11. The molecular formula is C16H15BrN4O2S. The van der Waals surface area contributed by atoms with Crippen molar-refractivity contribution in [2.24, 2.45) is 0 Å². The van der Waals surface area contributed by atoms with Crippen molar-refractivity contribution >= 4 is 33.6 Å². The number of nitriles is 1. The lowest BCUT2D eigenvalue weighted by Crippen LogP contribution is -2.28. The van der Waals surface area contributed by atoms with Crippen LogP contribution in [0.25, 0.3) is 0 Å². The molecule has 2 aromatic rings. The molecule has 0 saturated heterocycles. The van der Waals surface area contributed by atoms with Gasteiger partial charge in [-0.2, -0.15) is 10.2 Å². The van der Waals surface area contributed by atoms with E-state index in [2.05, 4.69) is 31.2 Å². The van der Waals surface area contributed by atoms with Crippen LogP contribution in [0.2, 0.25) is 0 Å². The van der Waals surface area contributed by atoms with Gasteiger partial charge < -0.3 is 10.3 Å². The van der Waals surface area contributed by atoms with Crippen molar-refractivity contribution in [3.8, 4) is 6.07 Å². The number of nitrogens with zero attached hydrogens (tertiary/aromatic N) is 2. The third-order valence-corrected chi connectivity index (χ3v) is 4.79. The van der Waals surface area contributed by atoms with Crippen molar-refractivity contribution in [1.82, 2.24) is 15.3 Å². The van der Waals surface area contributed by atoms with Crippen LogP contribution in [0.1, 0.15) is 29.8 Å². The zero-order chi connectivity index (χ0) is 17.7. The molecule has 1 amide bonds. The number of carbonyl (C=O) groups is 1. The number of hydrogen-bond acceptors (Lipinski definition) is 5. The van der Waals surface area contributed by atoms with E-state index in [0.29, 0.717) is 5.69 Å². The Morgan fingerprint density at radius 3 is 2.75 bits per heavy atom. The molecule has 2 N–H and O–H groups in total. The highest BCUT2D eigenvalue weighted by Gasteiger charge is 2.14. The van der Waals surface area contributed by atoms with E-state index in [1.54, 1.807) is 6.92 Å². The predicted molar refractivity (Wildman–Crippen MR) is 95.7 cm³/mol. The fourth-order valence-electron chi connectivity index (χ4n) is 2.05. The number of thioether (sulfide) groups is 1. The van der Waals surface area contributed by atoms with Crippen molar-refractivity contribution in [2.45, 2.75) is 24.9 Å². The first kappa shape index (κ1) is 18.2. The molecule has 0 aliphatic heterocycles. The van der Waals surface area contributed by atoms with Crippen LogP contribution in [0.3, 0.4) is 0 Å². The smallest absolute Gasteiger partial charge is 0.346 e. The zero-order valence-corrected chi connectivity index (χ0v) is 15.5. The van der Waals surface area contributed by atoms with Gasteiger partial charge in [-0.15, -0.1) is 0 Å². The predicted octanol–water partition coefficient (Wildman–Crippen LogP) is 2.68. The van der Waals surface area contributed by atoms with E-state index in [4.69, 9.17) is 5.26 Å². The quantitative estimate of drug-likeness (QED) is 0.587. The molecule has 0 saturated carbocycles. The summed E-state index contributed by atoms with van der Waals surface area (Å²) in [5.41, 5.74) is 1.19. The summed E-state index contributed by atoms with van der Waals surface area (Å²) in [6.45, 7) is 3.52. The summed E-state index contributed by atoms with van der Waals surface area (Å²) in [4.78, 5) is 29.8. The molecule has 0 aliphatic carbocycles. The van der Waals surface area contributed by atoms with Crippen LogP contribution in [0.5, 0.6) is 0 Å². The highest BCUT2D eigenvalue weighted by molar-refractivity contribution is 9.10. The maximum absolute atomic E-state index is 12.1. The van der Waals surface area contributed by atoms with Crippen LogP contribution in [0.15, 0.2) is 38.6 Å². The highest BCUT2D eigenvalue weighted by Crippen LogP contribution is 2.21. The molecule has 2 rings (SSSR count). The van der Waals surface area contributed by atoms with Gasteiger partial charge in [0.1, 0.15) is 16.7 Å². The molecule has 8 heteroatoms. The average Bonchev–Trinajstić information content (AvgIpc) is 2.53. The molecule has 0 fully saturated rings. The van der Waals surface area contributed by atoms with Crippen LogP contribution in [-0.4, -0.2) is 21.6 Å². The number of benzene rings is 1. The van der Waals surface area contributed by atoms with Gasteiger partial charge in [0.05, 0.1) is 11.8 Å². The fourth-order valence-corrected chi connectivity index (χ4v) is 3.15.